The third-order valence-corrected chi connectivity index (χ3v) is 4.78. The molecule has 158 valence electrons. The van der Waals surface area contributed by atoms with E-state index in [0.717, 1.165) is 0 Å². The monoisotopic (exact) mass is 409 g/mol. The van der Waals surface area contributed by atoms with Crippen LogP contribution in [0.2, 0.25) is 0 Å². The first-order valence-electron chi connectivity index (χ1n) is 9.90. The highest BCUT2D eigenvalue weighted by molar-refractivity contribution is 6.46. The van der Waals surface area contributed by atoms with Crippen LogP contribution in [0.3, 0.4) is 0 Å². The van der Waals surface area contributed by atoms with Gasteiger partial charge in [0.25, 0.3) is 11.7 Å². The molecule has 0 spiro atoms. The van der Waals surface area contributed by atoms with E-state index in [2.05, 4.69) is 4.98 Å². The van der Waals surface area contributed by atoms with Crippen molar-refractivity contribution in [2.75, 3.05) is 27.2 Å². The van der Waals surface area contributed by atoms with Gasteiger partial charge in [-0.2, -0.15) is 0 Å². The maximum absolute atomic E-state index is 12.9. The van der Waals surface area contributed by atoms with Crippen LogP contribution in [-0.4, -0.2) is 64.9 Å². The third-order valence-electron chi connectivity index (χ3n) is 4.78. The molecule has 2 heterocycles. The minimum Gasteiger partial charge on any atom is -0.507 e. The lowest BCUT2D eigenvalue weighted by Crippen LogP contribution is -2.35. The fraction of sp³-hybridized carbons (Fsp3) is 0.348. The molecule has 1 N–H and O–H groups in total. The Balaban J connectivity index is 2.10. The van der Waals surface area contributed by atoms with Crippen molar-refractivity contribution in [1.29, 1.82) is 0 Å². The SMILES string of the molecule is CC(C)Oc1cccc(/C(O)=C2/C(=O)C(=O)N(CCN(C)C)C2c2ccccn2)c1. The first-order valence-corrected chi connectivity index (χ1v) is 9.90. The molecule has 0 bridgehead atoms. The second kappa shape index (κ2) is 9.09. The number of carbonyl (C=O) groups is 2. The summed E-state index contributed by atoms with van der Waals surface area (Å²) in [5.74, 6) is -1.00. The lowest BCUT2D eigenvalue weighted by molar-refractivity contribution is -0.140. The molecule has 1 aromatic heterocycles. The van der Waals surface area contributed by atoms with Gasteiger partial charge in [0.1, 0.15) is 17.6 Å². The topological polar surface area (TPSA) is 83.0 Å². The summed E-state index contributed by atoms with van der Waals surface area (Å²) in [5, 5.41) is 11.1. The van der Waals surface area contributed by atoms with Gasteiger partial charge < -0.3 is 19.6 Å². The normalized spacial score (nSPS) is 18.5. The zero-order valence-electron chi connectivity index (χ0n) is 17.7. The van der Waals surface area contributed by atoms with E-state index in [9.17, 15) is 14.7 Å². The van der Waals surface area contributed by atoms with E-state index in [0.29, 0.717) is 30.1 Å². The average molecular weight is 409 g/mol. The number of amides is 1. The van der Waals surface area contributed by atoms with Crippen LogP contribution in [0.1, 0.15) is 31.1 Å². The first-order chi connectivity index (χ1) is 14.3. The van der Waals surface area contributed by atoms with Crippen molar-refractivity contribution in [1.82, 2.24) is 14.8 Å². The second-order valence-corrected chi connectivity index (χ2v) is 7.74. The predicted octanol–water partition coefficient (Wildman–Crippen LogP) is 2.85. The van der Waals surface area contributed by atoms with Crippen LogP contribution in [0, 0.1) is 0 Å². The molecule has 1 aromatic carbocycles. The molecule has 0 saturated carbocycles. The van der Waals surface area contributed by atoms with Gasteiger partial charge in [0.15, 0.2) is 0 Å². The van der Waals surface area contributed by atoms with E-state index in [1.165, 1.54) is 4.90 Å². The van der Waals surface area contributed by atoms with Crippen LogP contribution in [0.5, 0.6) is 5.75 Å². The largest absolute Gasteiger partial charge is 0.507 e. The Morgan fingerprint density at radius 2 is 1.97 bits per heavy atom. The Morgan fingerprint density at radius 3 is 2.60 bits per heavy atom. The molecule has 1 amide bonds. The number of carbonyl (C=O) groups excluding carboxylic acids is 2. The molecule has 2 aromatic rings. The number of rotatable bonds is 7. The van der Waals surface area contributed by atoms with Gasteiger partial charge in [0.05, 0.1) is 17.4 Å². The molecule has 1 aliphatic heterocycles. The van der Waals surface area contributed by atoms with Crippen molar-refractivity contribution in [3.05, 3.63) is 65.5 Å². The Kier molecular flexibility index (Phi) is 6.52. The molecule has 0 aliphatic carbocycles. The number of aromatic nitrogens is 1. The summed E-state index contributed by atoms with van der Waals surface area (Å²) >= 11 is 0. The Labute approximate surface area is 176 Å². The fourth-order valence-corrected chi connectivity index (χ4v) is 3.41. The quantitative estimate of drug-likeness (QED) is 0.430. The maximum atomic E-state index is 12.9. The van der Waals surface area contributed by atoms with Gasteiger partial charge in [0.2, 0.25) is 0 Å². The number of pyridine rings is 1. The first kappa shape index (κ1) is 21.5. The molecule has 1 aliphatic rings. The molecular weight excluding hydrogens is 382 g/mol. The molecule has 1 unspecified atom stereocenters. The number of ketones is 1. The maximum Gasteiger partial charge on any atom is 0.295 e. The van der Waals surface area contributed by atoms with Gasteiger partial charge in [-0.15, -0.1) is 0 Å². The highest BCUT2D eigenvalue weighted by atomic mass is 16.5. The number of Topliss-reactive ketones (excluding diaryl/α,β-unsaturated/α-hetero) is 1. The summed E-state index contributed by atoms with van der Waals surface area (Å²) in [7, 11) is 3.79. The standard InChI is InChI=1S/C23H27N3O4/c1-15(2)30-17-9-7-8-16(14-17)21(27)19-20(18-10-5-6-11-24-18)26(13-12-25(3)4)23(29)22(19)28/h5-11,14-15,20,27H,12-13H2,1-4H3/b21-19-. The summed E-state index contributed by atoms with van der Waals surface area (Å²) in [6, 6.07) is 11.4. The number of nitrogens with zero attached hydrogens (tertiary/aromatic N) is 3. The molecule has 7 nitrogen and oxygen atoms in total. The number of aliphatic hydroxyl groups is 1. The van der Waals surface area contributed by atoms with Gasteiger partial charge in [-0.05, 0) is 52.2 Å². The number of hydrogen-bond donors (Lipinski definition) is 1. The molecule has 1 atom stereocenters. The molecule has 0 radical (unpaired) electrons. The van der Waals surface area contributed by atoms with Crippen LogP contribution in [0.15, 0.2) is 54.2 Å². The fourth-order valence-electron chi connectivity index (χ4n) is 3.41. The van der Waals surface area contributed by atoms with E-state index in [-0.39, 0.29) is 17.4 Å². The number of ether oxygens (including phenoxy) is 1. The van der Waals surface area contributed by atoms with Crippen LogP contribution in [0.4, 0.5) is 0 Å². The highest BCUT2D eigenvalue weighted by Gasteiger charge is 2.46. The van der Waals surface area contributed by atoms with E-state index in [1.807, 2.05) is 32.8 Å². The molecular formula is C23H27N3O4. The van der Waals surface area contributed by atoms with Gasteiger partial charge in [0, 0.05) is 24.8 Å². The zero-order valence-corrected chi connectivity index (χ0v) is 17.7. The van der Waals surface area contributed by atoms with Crippen LogP contribution < -0.4 is 4.74 Å². The molecule has 7 heteroatoms. The van der Waals surface area contributed by atoms with E-state index in [4.69, 9.17) is 4.74 Å². The summed E-state index contributed by atoms with van der Waals surface area (Å²) in [5.41, 5.74) is 0.991. The lowest BCUT2D eigenvalue weighted by atomic mass is 9.98. The Hall–Kier alpha value is -3.19. The lowest BCUT2D eigenvalue weighted by Gasteiger charge is -2.25. The van der Waals surface area contributed by atoms with E-state index >= 15 is 0 Å². The molecule has 30 heavy (non-hydrogen) atoms. The Bertz CT molecular complexity index is 954. The molecule has 3 rings (SSSR count). The van der Waals surface area contributed by atoms with Gasteiger partial charge in [-0.3, -0.25) is 14.6 Å². The molecule has 1 fully saturated rings. The van der Waals surface area contributed by atoms with Crippen LogP contribution in [-0.2, 0) is 9.59 Å². The number of likely N-dealkylation sites (N-methyl/N-ethyl adjacent to an activating group) is 1. The van der Waals surface area contributed by atoms with Crippen molar-refractivity contribution >= 4 is 17.4 Å². The van der Waals surface area contributed by atoms with E-state index in [1.54, 1.807) is 48.7 Å². The smallest absolute Gasteiger partial charge is 0.295 e. The van der Waals surface area contributed by atoms with Crippen molar-refractivity contribution < 1.29 is 19.4 Å². The van der Waals surface area contributed by atoms with Crippen molar-refractivity contribution in [2.45, 2.75) is 26.0 Å². The van der Waals surface area contributed by atoms with Crippen molar-refractivity contribution in [3.63, 3.8) is 0 Å². The average Bonchev–Trinajstić information content (AvgIpc) is 2.96. The third kappa shape index (κ3) is 4.52. The number of hydrogen-bond acceptors (Lipinski definition) is 6. The van der Waals surface area contributed by atoms with Gasteiger partial charge in [-0.1, -0.05) is 18.2 Å². The van der Waals surface area contributed by atoms with Crippen LogP contribution in [0.25, 0.3) is 5.76 Å². The summed E-state index contributed by atoms with van der Waals surface area (Å²) in [6.07, 6.45) is 1.57. The number of likely N-dealkylation sites (tertiary alicyclic amines) is 1. The number of benzene rings is 1. The highest BCUT2D eigenvalue weighted by Crippen LogP contribution is 2.38. The predicted molar refractivity (Wildman–Crippen MR) is 114 cm³/mol. The zero-order chi connectivity index (χ0) is 21.8. The number of aliphatic hydroxyl groups excluding tert-OH is 1. The second-order valence-electron chi connectivity index (χ2n) is 7.74. The van der Waals surface area contributed by atoms with Gasteiger partial charge >= 0.3 is 0 Å². The summed E-state index contributed by atoms with van der Waals surface area (Å²) in [4.78, 5) is 33.5. The Morgan fingerprint density at radius 1 is 1.20 bits per heavy atom. The van der Waals surface area contributed by atoms with E-state index < -0.39 is 17.7 Å². The van der Waals surface area contributed by atoms with Crippen molar-refractivity contribution in [3.8, 4) is 5.75 Å². The van der Waals surface area contributed by atoms with Crippen molar-refractivity contribution in [2.24, 2.45) is 0 Å². The van der Waals surface area contributed by atoms with Crippen LogP contribution >= 0.6 is 0 Å². The van der Waals surface area contributed by atoms with Gasteiger partial charge in [-0.25, -0.2) is 0 Å². The summed E-state index contributed by atoms with van der Waals surface area (Å²) in [6.45, 7) is 4.73. The summed E-state index contributed by atoms with van der Waals surface area (Å²) < 4.78 is 5.70. The minimum atomic E-state index is -0.749. The minimum absolute atomic E-state index is 0.0347. The molecule has 1 saturated heterocycles.